The summed E-state index contributed by atoms with van der Waals surface area (Å²) in [5.74, 6) is -1.45. The minimum atomic E-state index is -0.958. The molecule has 0 aromatic heterocycles. The molecular formula is C25H22ClN3O6. The molecule has 0 aliphatic heterocycles. The van der Waals surface area contributed by atoms with Crippen molar-refractivity contribution in [1.82, 2.24) is 5.43 Å². The van der Waals surface area contributed by atoms with Crippen molar-refractivity contribution in [2.24, 2.45) is 5.10 Å². The predicted molar refractivity (Wildman–Crippen MR) is 131 cm³/mol. The Hall–Kier alpha value is -4.37. The standard InChI is InChI=1S/C25H22ClN3O6/c1-15(28-29-24(31)23(30)27-19-8-5-7-18(26)14-19)16-10-11-21(22(13-16)34-3)35-25(32)17-6-4-9-20(12-17)33-2/h4-14H,1-3H3,(H,27,30)(H,29,31). The molecule has 0 aliphatic rings. The van der Waals surface area contributed by atoms with Gasteiger partial charge in [-0.1, -0.05) is 23.7 Å². The molecule has 0 aliphatic carbocycles. The van der Waals surface area contributed by atoms with Gasteiger partial charge in [0.1, 0.15) is 5.75 Å². The summed E-state index contributed by atoms with van der Waals surface area (Å²) in [5.41, 5.74) is 3.84. The quantitative estimate of drug-likeness (QED) is 0.168. The molecule has 0 fully saturated rings. The number of hydrogen-bond acceptors (Lipinski definition) is 7. The molecule has 2 N–H and O–H groups in total. The number of ether oxygens (including phenoxy) is 3. The van der Waals surface area contributed by atoms with Gasteiger partial charge < -0.3 is 19.5 Å². The number of carbonyl (C=O) groups is 3. The lowest BCUT2D eigenvalue weighted by Crippen LogP contribution is -2.32. The van der Waals surface area contributed by atoms with Gasteiger partial charge in [-0.3, -0.25) is 9.59 Å². The van der Waals surface area contributed by atoms with E-state index in [0.29, 0.717) is 33.3 Å². The van der Waals surface area contributed by atoms with Crippen LogP contribution < -0.4 is 25.0 Å². The van der Waals surface area contributed by atoms with Crippen molar-refractivity contribution in [3.05, 3.63) is 82.9 Å². The van der Waals surface area contributed by atoms with Crippen LogP contribution in [0.25, 0.3) is 0 Å². The molecule has 0 bridgehead atoms. The van der Waals surface area contributed by atoms with Crippen LogP contribution in [0.3, 0.4) is 0 Å². The van der Waals surface area contributed by atoms with Crippen LogP contribution in [0.15, 0.2) is 71.8 Å². The molecule has 10 heteroatoms. The summed E-state index contributed by atoms with van der Waals surface area (Å²) >= 11 is 5.87. The van der Waals surface area contributed by atoms with Crippen LogP contribution in [0.1, 0.15) is 22.8 Å². The Labute approximate surface area is 206 Å². The van der Waals surface area contributed by atoms with E-state index in [1.165, 1.54) is 20.3 Å². The normalized spacial score (nSPS) is 10.8. The van der Waals surface area contributed by atoms with E-state index in [1.807, 2.05) is 0 Å². The van der Waals surface area contributed by atoms with E-state index in [1.54, 1.807) is 67.6 Å². The molecule has 0 saturated carbocycles. The van der Waals surface area contributed by atoms with Gasteiger partial charge in [0.15, 0.2) is 11.5 Å². The molecule has 0 unspecified atom stereocenters. The number of hydrazone groups is 1. The second-order valence-corrected chi connectivity index (χ2v) is 7.53. The molecule has 9 nitrogen and oxygen atoms in total. The highest BCUT2D eigenvalue weighted by atomic mass is 35.5. The number of amides is 2. The Balaban J connectivity index is 1.67. The average Bonchev–Trinajstić information content (AvgIpc) is 2.87. The summed E-state index contributed by atoms with van der Waals surface area (Å²) in [5, 5.41) is 6.81. The Morgan fingerprint density at radius 2 is 1.60 bits per heavy atom. The molecule has 0 atom stereocenters. The van der Waals surface area contributed by atoms with Gasteiger partial charge in [-0.25, -0.2) is 10.2 Å². The molecule has 2 amide bonds. The zero-order valence-corrected chi connectivity index (χ0v) is 19.9. The van der Waals surface area contributed by atoms with Crippen molar-refractivity contribution in [2.45, 2.75) is 6.92 Å². The Morgan fingerprint density at radius 1 is 0.829 bits per heavy atom. The molecular weight excluding hydrogens is 474 g/mol. The van der Waals surface area contributed by atoms with Gasteiger partial charge in [0, 0.05) is 16.3 Å². The van der Waals surface area contributed by atoms with E-state index >= 15 is 0 Å². The summed E-state index contributed by atoms with van der Waals surface area (Å²) < 4.78 is 15.9. The first-order valence-electron chi connectivity index (χ1n) is 10.3. The summed E-state index contributed by atoms with van der Waals surface area (Å²) in [7, 11) is 2.93. The molecule has 3 aromatic rings. The lowest BCUT2D eigenvalue weighted by molar-refractivity contribution is -0.136. The molecule has 0 saturated heterocycles. The fourth-order valence-corrected chi connectivity index (χ4v) is 3.08. The van der Waals surface area contributed by atoms with Crippen LogP contribution in [-0.2, 0) is 9.59 Å². The first-order chi connectivity index (χ1) is 16.8. The van der Waals surface area contributed by atoms with Gasteiger partial charge in [0.2, 0.25) is 0 Å². The molecule has 0 heterocycles. The largest absolute Gasteiger partial charge is 0.497 e. The fourth-order valence-electron chi connectivity index (χ4n) is 2.89. The molecule has 3 rings (SSSR count). The Kier molecular flexibility index (Phi) is 8.42. The number of rotatable bonds is 7. The summed E-state index contributed by atoms with van der Waals surface area (Å²) in [6.07, 6.45) is 0. The maximum absolute atomic E-state index is 12.5. The number of carbonyl (C=O) groups excluding carboxylic acids is 3. The van der Waals surface area contributed by atoms with Crippen LogP contribution >= 0.6 is 11.6 Å². The van der Waals surface area contributed by atoms with E-state index < -0.39 is 17.8 Å². The predicted octanol–water partition coefficient (Wildman–Crippen LogP) is 4.06. The number of esters is 1. The number of hydrogen-bond donors (Lipinski definition) is 2. The van der Waals surface area contributed by atoms with Gasteiger partial charge >= 0.3 is 17.8 Å². The van der Waals surface area contributed by atoms with E-state index in [0.717, 1.165) is 0 Å². The fraction of sp³-hybridized carbons (Fsp3) is 0.120. The molecule has 0 spiro atoms. The lowest BCUT2D eigenvalue weighted by atomic mass is 10.1. The SMILES string of the molecule is COc1cccc(C(=O)Oc2ccc(C(C)=NNC(=O)C(=O)Nc3cccc(Cl)c3)cc2OC)c1. The third-order valence-corrected chi connectivity index (χ3v) is 4.94. The highest BCUT2D eigenvalue weighted by Crippen LogP contribution is 2.29. The highest BCUT2D eigenvalue weighted by molar-refractivity contribution is 6.40. The van der Waals surface area contributed by atoms with Gasteiger partial charge in [-0.2, -0.15) is 5.10 Å². The second-order valence-electron chi connectivity index (χ2n) is 7.09. The molecule has 35 heavy (non-hydrogen) atoms. The van der Waals surface area contributed by atoms with Gasteiger partial charge in [-0.15, -0.1) is 0 Å². The maximum Gasteiger partial charge on any atom is 0.343 e. The summed E-state index contributed by atoms with van der Waals surface area (Å²) in [6.45, 7) is 1.63. The van der Waals surface area contributed by atoms with E-state index in [9.17, 15) is 14.4 Å². The minimum Gasteiger partial charge on any atom is -0.497 e. The monoisotopic (exact) mass is 495 g/mol. The Morgan fingerprint density at radius 3 is 2.31 bits per heavy atom. The summed E-state index contributed by atoms with van der Waals surface area (Å²) in [6, 6.07) is 17.7. The van der Waals surface area contributed by atoms with Gasteiger partial charge in [0.05, 0.1) is 25.5 Å². The van der Waals surface area contributed by atoms with Crippen molar-refractivity contribution >= 4 is 40.8 Å². The summed E-state index contributed by atoms with van der Waals surface area (Å²) in [4.78, 5) is 36.7. The van der Waals surface area contributed by atoms with Crippen LogP contribution in [-0.4, -0.2) is 37.7 Å². The van der Waals surface area contributed by atoms with E-state index in [-0.39, 0.29) is 11.5 Å². The van der Waals surface area contributed by atoms with Crippen molar-refractivity contribution < 1.29 is 28.6 Å². The number of nitrogens with one attached hydrogen (secondary N) is 2. The number of methoxy groups -OCH3 is 2. The zero-order valence-electron chi connectivity index (χ0n) is 19.1. The highest BCUT2D eigenvalue weighted by Gasteiger charge is 2.16. The van der Waals surface area contributed by atoms with Gasteiger partial charge in [0.25, 0.3) is 0 Å². The van der Waals surface area contributed by atoms with Crippen molar-refractivity contribution in [2.75, 3.05) is 19.5 Å². The van der Waals surface area contributed by atoms with Crippen molar-refractivity contribution in [1.29, 1.82) is 0 Å². The van der Waals surface area contributed by atoms with Crippen LogP contribution in [0.4, 0.5) is 5.69 Å². The molecule has 0 radical (unpaired) electrons. The lowest BCUT2D eigenvalue weighted by Gasteiger charge is -2.11. The Bertz CT molecular complexity index is 1290. The van der Waals surface area contributed by atoms with Crippen molar-refractivity contribution in [3.8, 4) is 17.2 Å². The maximum atomic E-state index is 12.5. The number of anilines is 1. The third-order valence-electron chi connectivity index (χ3n) is 4.70. The second kappa shape index (κ2) is 11.7. The van der Waals surface area contributed by atoms with Crippen LogP contribution in [0.5, 0.6) is 17.2 Å². The number of benzene rings is 3. The molecule has 180 valence electrons. The van der Waals surface area contributed by atoms with E-state index in [2.05, 4.69) is 15.8 Å². The minimum absolute atomic E-state index is 0.196. The van der Waals surface area contributed by atoms with Crippen LogP contribution in [0, 0.1) is 0 Å². The first kappa shape index (κ1) is 25.3. The smallest absolute Gasteiger partial charge is 0.343 e. The number of halogens is 1. The number of nitrogens with zero attached hydrogens (tertiary/aromatic N) is 1. The van der Waals surface area contributed by atoms with Crippen molar-refractivity contribution in [3.63, 3.8) is 0 Å². The topological polar surface area (TPSA) is 115 Å². The van der Waals surface area contributed by atoms with Crippen LogP contribution in [0.2, 0.25) is 5.02 Å². The van der Waals surface area contributed by atoms with Gasteiger partial charge in [-0.05, 0) is 61.5 Å². The zero-order chi connectivity index (χ0) is 25.4. The average molecular weight is 496 g/mol. The third kappa shape index (κ3) is 6.81. The first-order valence-corrected chi connectivity index (χ1v) is 10.6. The van der Waals surface area contributed by atoms with E-state index in [4.69, 9.17) is 25.8 Å². The molecule has 3 aromatic carbocycles.